The van der Waals surface area contributed by atoms with Crippen molar-refractivity contribution in [2.45, 2.75) is 58.4 Å². The summed E-state index contributed by atoms with van der Waals surface area (Å²) in [6.07, 6.45) is 7.23. The van der Waals surface area contributed by atoms with Crippen LogP contribution < -0.4 is 10.6 Å². The molecule has 2 unspecified atom stereocenters. The highest BCUT2D eigenvalue weighted by Crippen LogP contribution is 2.20. The van der Waals surface area contributed by atoms with Crippen molar-refractivity contribution < 1.29 is 4.74 Å². The van der Waals surface area contributed by atoms with Crippen LogP contribution >= 0.6 is 0 Å². The van der Waals surface area contributed by atoms with Crippen molar-refractivity contribution in [2.24, 2.45) is 5.92 Å². The molecule has 2 saturated heterocycles. The number of allylic oxidation sites excluding steroid dienone is 1. The van der Waals surface area contributed by atoms with Crippen LogP contribution in [-0.2, 0) is 4.74 Å². The maximum Gasteiger partial charge on any atom is 0.0827 e. The van der Waals surface area contributed by atoms with Gasteiger partial charge in [-0.2, -0.15) is 0 Å². The lowest BCUT2D eigenvalue weighted by atomic mass is 9.98. The molecule has 2 atom stereocenters. The van der Waals surface area contributed by atoms with Crippen LogP contribution in [0, 0.1) is 5.92 Å². The highest BCUT2D eigenvalue weighted by molar-refractivity contribution is 5.07. The quantitative estimate of drug-likeness (QED) is 0.704. The van der Waals surface area contributed by atoms with Crippen LogP contribution in [0.15, 0.2) is 11.6 Å². The minimum atomic E-state index is 0.366. The van der Waals surface area contributed by atoms with Crippen LogP contribution in [0.1, 0.15) is 40.0 Å². The number of likely N-dealkylation sites (N-methyl/N-ethyl adjacent to an activating group) is 1. The molecule has 0 saturated carbocycles. The van der Waals surface area contributed by atoms with E-state index in [9.17, 15) is 0 Å². The summed E-state index contributed by atoms with van der Waals surface area (Å²) < 4.78 is 6.10. The summed E-state index contributed by atoms with van der Waals surface area (Å²) in [5.74, 6) is 0.674. The van der Waals surface area contributed by atoms with Crippen molar-refractivity contribution >= 4 is 0 Å². The summed E-state index contributed by atoms with van der Waals surface area (Å²) in [6.45, 7) is 11.2. The molecule has 0 aromatic heterocycles. The van der Waals surface area contributed by atoms with Gasteiger partial charge in [0.2, 0.25) is 0 Å². The Morgan fingerprint density at radius 3 is 2.48 bits per heavy atom. The van der Waals surface area contributed by atoms with E-state index in [-0.39, 0.29) is 0 Å². The lowest BCUT2D eigenvalue weighted by Gasteiger charge is -2.39. The summed E-state index contributed by atoms with van der Waals surface area (Å²) in [7, 11) is 2.06. The highest BCUT2D eigenvalue weighted by atomic mass is 16.5. The molecule has 2 heterocycles. The molecule has 0 spiro atoms. The van der Waals surface area contributed by atoms with Gasteiger partial charge in [-0.1, -0.05) is 25.5 Å². The molecular formula is C17H33N3O. The number of ether oxygens (including phenoxy) is 1. The maximum atomic E-state index is 6.10. The zero-order valence-electron chi connectivity index (χ0n) is 14.2. The van der Waals surface area contributed by atoms with Gasteiger partial charge in [0.25, 0.3) is 0 Å². The molecule has 0 radical (unpaired) electrons. The SMILES string of the molecule is CCC(C)/C(C)=C\C(NC)N1CCC(OC2CNC2)CC1. The molecule has 2 fully saturated rings. The van der Waals surface area contributed by atoms with Crippen molar-refractivity contribution in [3.05, 3.63) is 11.6 Å². The second-order valence-electron chi connectivity index (χ2n) is 6.61. The Kier molecular flexibility index (Phi) is 6.68. The molecule has 0 bridgehead atoms. The van der Waals surface area contributed by atoms with Gasteiger partial charge in [-0.15, -0.1) is 0 Å². The molecular weight excluding hydrogens is 262 g/mol. The van der Waals surface area contributed by atoms with Crippen LogP contribution in [0.3, 0.4) is 0 Å². The fourth-order valence-electron chi connectivity index (χ4n) is 3.03. The fraction of sp³-hybridized carbons (Fsp3) is 0.882. The zero-order chi connectivity index (χ0) is 15.2. The average Bonchev–Trinajstić information content (AvgIpc) is 2.48. The second kappa shape index (κ2) is 8.28. The highest BCUT2D eigenvalue weighted by Gasteiger charge is 2.27. The van der Waals surface area contributed by atoms with Crippen molar-refractivity contribution in [2.75, 3.05) is 33.2 Å². The summed E-state index contributed by atoms with van der Waals surface area (Å²) in [5.41, 5.74) is 1.50. The minimum absolute atomic E-state index is 0.366. The first-order chi connectivity index (χ1) is 10.1. The molecule has 4 nitrogen and oxygen atoms in total. The summed E-state index contributed by atoms with van der Waals surface area (Å²) in [4.78, 5) is 2.55. The van der Waals surface area contributed by atoms with Gasteiger partial charge in [-0.3, -0.25) is 4.90 Å². The zero-order valence-corrected chi connectivity index (χ0v) is 14.2. The van der Waals surface area contributed by atoms with Gasteiger partial charge < -0.3 is 15.4 Å². The van der Waals surface area contributed by atoms with E-state index < -0.39 is 0 Å². The smallest absolute Gasteiger partial charge is 0.0827 e. The van der Waals surface area contributed by atoms with Gasteiger partial charge in [0, 0.05) is 26.2 Å². The first-order valence-corrected chi connectivity index (χ1v) is 8.59. The molecule has 2 N–H and O–H groups in total. The number of nitrogens with one attached hydrogen (secondary N) is 2. The van der Waals surface area contributed by atoms with Crippen molar-refractivity contribution in [3.8, 4) is 0 Å². The van der Waals surface area contributed by atoms with Gasteiger partial charge in [0.1, 0.15) is 0 Å². The van der Waals surface area contributed by atoms with Crippen LogP contribution in [-0.4, -0.2) is 56.5 Å². The minimum Gasteiger partial charge on any atom is -0.372 e. The Hall–Kier alpha value is -0.420. The molecule has 2 aliphatic rings. The molecule has 21 heavy (non-hydrogen) atoms. The van der Waals surface area contributed by atoms with E-state index in [2.05, 4.69) is 49.4 Å². The first-order valence-electron chi connectivity index (χ1n) is 8.59. The average molecular weight is 295 g/mol. The molecule has 4 heteroatoms. The number of rotatable bonds is 7. The lowest BCUT2D eigenvalue weighted by molar-refractivity contribution is -0.0651. The number of nitrogens with zero attached hydrogens (tertiary/aromatic N) is 1. The Labute approximate surface area is 130 Å². The van der Waals surface area contributed by atoms with Crippen LogP contribution in [0.4, 0.5) is 0 Å². The predicted molar refractivity (Wildman–Crippen MR) is 88.4 cm³/mol. The Morgan fingerprint density at radius 1 is 1.33 bits per heavy atom. The molecule has 0 aromatic rings. The van der Waals surface area contributed by atoms with Crippen molar-refractivity contribution in [3.63, 3.8) is 0 Å². The van der Waals surface area contributed by atoms with Gasteiger partial charge in [-0.05, 0) is 39.2 Å². The molecule has 2 aliphatic heterocycles. The van der Waals surface area contributed by atoms with Gasteiger partial charge in [0.05, 0.1) is 18.4 Å². The predicted octanol–water partition coefficient (Wildman–Crippen LogP) is 1.98. The number of piperidine rings is 1. The maximum absolute atomic E-state index is 6.10. The number of hydrogen-bond donors (Lipinski definition) is 2. The van der Waals surface area contributed by atoms with Crippen LogP contribution in [0.5, 0.6) is 0 Å². The third-order valence-corrected chi connectivity index (χ3v) is 5.11. The Balaban J connectivity index is 1.80. The largest absolute Gasteiger partial charge is 0.372 e. The van der Waals surface area contributed by atoms with Crippen LogP contribution in [0.25, 0.3) is 0 Å². The monoisotopic (exact) mass is 295 g/mol. The van der Waals surface area contributed by atoms with Crippen LogP contribution in [0.2, 0.25) is 0 Å². The Morgan fingerprint density at radius 2 is 2.00 bits per heavy atom. The molecule has 0 aromatic carbocycles. The summed E-state index contributed by atoms with van der Waals surface area (Å²) in [6, 6.07) is 0. The van der Waals surface area contributed by atoms with E-state index in [1.54, 1.807) is 0 Å². The van der Waals surface area contributed by atoms with Gasteiger partial charge in [0.15, 0.2) is 0 Å². The van der Waals surface area contributed by atoms with E-state index in [1.807, 2.05) is 0 Å². The fourth-order valence-corrected chi connectivity index (χ4v) is 3.03. The first kappa shape index (κ1) is 16.9. The summed E-state index contributed by atoms with van der Waals surface area (Å²) in [5, 5.41) is 6.73. The molecule has 122 valence electrons. The standard InChI is InChI=1S/C17H33N3O/c1-5-13(2)14(3)10-17(18-4)20-8-6-15(7-9-20)21-16-11-19-12-16/h10,13,15-19H,5-9,11-12H2,1-4H3/b14-10-. The van der Waals surface area contributed by atoms with Crippen molar-refractivity contribution in [1.82, 2.24) is 15.5 Å². The molecule has 0 aliphatic carbocycles. The van der Waals surface area contributed by atoms with Gasteiger partial charge in [-0.25, -0.2) is 0 Å². The van der Waals surface area contributed by atoms with Crippen molar-refractivity contribution in [1.29, 1.82) is 0 Å². The third kappa shape index (κ3) is 4.78. The third-order valence-electron chi connectivity index (χ3n) is 5.11. The second-order valence-corrected chi connectivity index (χ2v) is 6.61. The van der Waals surface area contributed by atoms with E-state index in [0.717, 1.165) is 39.0 Å². The molecule has 0 amide bonds. The van der Waals surface area contributed by atoms with E-state index >= 15 is 0 Å². The summed E-state index contributed by atoms with van der Waals surface area (Å²) >= 11 is 0. The molecule has 2 rings (SSSR count). The van der Waals surface area contributed by atoms with E-state index in [0.29, 0.717) is 24.3 Å². The number of likely N-dealkylation sites (tertiary alicyclic amines) is 1. The Bertz CT molecular complexity index is 333. The normalized spacial score (nSPS) is 25.6. The number of hydrogen-bond acceptors (Lipinski definition) is 4. The lowest BCUT2D eigenvalue weighted by Crippen LogP contribution is -2.53. The van der Waals surface area contributed by atoms with Gasteiger partial charge >= 0.3 is 0 Å². The van der Waals surface area contributed by atoms with E-state index in [4.69, 9.17) is 4.74 Å². The van der Waals surface area contributed by atoms with E-state index in [1.165, 1.54) is 12.0 Å². The topological polar surface area (TPSA) is 36.5 Å².